The second-order valence-corrected chi connectivity index (χ2v) is 4.28. The number of rotatable bonds is 3. The maximum atomic E-state index is 5.50. The fourth-order valence-corrected chi connectivity index (χ4v) is 1.18. The lowest BCUT2D eigenvalue weighted by atomic mass is 10.3. The summed E-state index contributed by atoms with van der Waals surface area (Å²) in [5.41, 5.74) is 0.621. The first kappa shape index (κ1) is 8.33. The zero-order valence-corrected chi connectivity index (χ0v) is 7.87. The highest BCUT2D eigenvalue weighted by Gasteiger charge is 1.98. The van der Waals surface area contributed by atoms with Crippen LogP contribution in [0.5, 0.6) is 5.75 Å². The molecule has 0 aliphatic heterocycles. The summed E-state index contributed by atoms with van der Waals surface area (Å²) in [6.45, 7) is 4.31. The number of benzene rings is 1. The Labute approximate surface area is 70.3 Å². The summed E-state index contributed by atoms with van der Waals surface area (Å²) in [7, 11) is 0.566. The van der Waals surface area contributed by atoms with Crippen molar-refractivity contribution in [2.45, 2.75) is 19.4 Å². The Balaban J connectivity index is 2.39. The van der Waals surface area contributed by atoms with Gasteiger partial charge in [-0.25, -0.2) is 0 Å². The fraction of sp³-hybridized carbons (Fsp3) is 0.333. The summed E-state index contributed by atoms with van der Waals surface area (Å²) in [4.78, 5) is 0. The minimum atomic E-state index is 0.566. The molecule has 0 heterocycles. The third-order valence-corrected chi connectivity index (χ3v) is 1.98. The van der Waals surface area contributed by atoms with Crippen LogP contribution < -0.4 is 4.43 Å². The Morgan fingerprint density at radius 1 is 1.18 bits per heavy atom. The van der Waals surface area contributed by atoms with Gasteiger partial charge in [-0.3, -0.25) is 0 Å². The Kier molecular flexibility index (Phi) is 3.17. The van der Waals surface area contributed by atoms with E-state index in [0.717, 1.165) is 5.75 Å². The average molecular weight is 164 g/mol. The molecule has 2 radical (unpaired) electrons. The Morgan fingerprint density at radius 2 is 1.82 bits per heavy atom. The Morgan fingerprint density at radius 3 is 2.36 bits per heavy atom. The van der Waals surface area contributed by atoms with Gasteiger partial charge in [-0.1, -0.05) is 32.0 Å². The molecule has 2 heteroatoms. The van der Waals surface area contributed by atoms with Crippen LogP contribution in [0.2, 0.25) is 5.54 Å². The topological polar surface area (TPSA) is 9.23 Å². The van der Waals surface area contributed by atoms with E-state index in [1.165, 1.54) is 0 Å². The molecule has 1 rings (SSSR count). The van der Waals surface area contributed by atoms with Crippen molar-refractivity contribution >= 4 is 9.76 Å². The van der Waals surface area contributed by atoms with Crippen molar-refractivity contribution in [3.63, 3.8) is 0 Å². The standard InChI is InChI=1S/C9H12OSi/c1-8(2)11-10-9-6-4-3-5-7-9/h3-8H,1-2H3. The lowest BCUT2D eigenvalue weighted by molar-refractivity contribution is 0.581. The van der Waals surface area contributed by atoms with Crippen LogP contribution in [0.3, 0.4) is 0 Å². The quantitative estimate of drug-likeness (QED) is 0.624. The molecule has 0 aliphatic rings. The molecule has 0 bridgehead atoms. The molecule has 0 saturated heterocycles. The maximum Gasteiger partial charge on any atom is 0.313 e. The molecule has 0 aliphatic carbocycles. The Bertz CT molecular complexity index is 196. The van der Waals surface area contributed by atoms with Gasteiger partial charge in [0.15, 0.2) is 0 Å². The van der Waals surface area contributed by atoms with Crippen LogP contribution in [0.25, 0.3) is 0 Å². The first-order valence-electron chi connectivity index (χ1n) is 3.76. The third kappa shape index (κ3) is 3.23. The van der Waals surface area contributed by atoms with Crippen molar-refractivity contribution in [3.8, 4) is 5.75 Å². The van der Waals surface area contributed by atoms with Gasteiger partial charge in [-0.05, 0) is 17.7 Å². The minimum absolute atomic E-state index is 0.566. The second-order valence-electron chi connectivity index (χ2n) is 2.69. The zero-order valence-electron chi connectivity index (χ0n) is 6.87. The van der Waals surface area contributed by atoms with Crippen molar-refractivity contribution in [2.24, 2.45) is 0 Å². The molecular weight excluding hydrogens is 152 g/mol. The van der Waals surface area contributed by atoms with E-state index in [1.54, 1.807) is 0 Å². The van der Waals surface area contributed by atoms with E-state index in [0.29, 0.717) is 15.3 Å². The molecule has 1 aromatic carbocycles. The average Bonchev–Trinajstić information content (AvgIpc) is 2.03. The second kappa shape index (κ2) is 4.19. The van der Waals surface area contributed by atoms with Crippen LogP contribution in [0.15, 0.2) is 30.3 Å². The summed E-state index contributed by atoms with van der Waals surface area (Å²) < 4.78 is 5.50. The normalized spacial score (nSPS) is 10.1. The predicted octanol–water partition coefficient (Wildman–Crippen LogP) is 2.51. The first-order valence-corrected chi connectivity index (χ1v) is 4.75. The minimum Gasteiger partial charge on any atom is -0.541 e. The highest BCUT2D eigenvalue weighted by Crippen LogP contribution is 2.09. The van der Waals surface area contributed by atoms with E-state index >= 15 is 0 Å². The van der Waals surface area contributed by atoms with Crippen LogP contribution in [0.4, 0.5) is 0 Å². The van der Waals surface area contributed by atoms with E-state index < -0.39 is 0 Å². The molecule has 11 heavy (non-hydrogen) atoms. The molecule has 0 fully saturated rings. The summed E-state index contributed by atoms with van der Waals surface area (Å²) in [6, 6.07) is 9.93. The van der Waals surface area contributed by atoms with Crippen molar-refractivity contribution in [2.75, 3.05) is 0 Å². The molecule has 0 amide bonds. The van der Waals surface area contributed by atoms with Crippen molar-refractivity contribution in [3.05, 3.63) is 30.3 Å². The maximum absolute atomic E-state index is 5.50. The summed E-state index contributed by atoms with van der Waals surface area (Å²) in [6.07, 6.45) is 0. The molecule has 1 aromatic rings. The number of hydrogen-bond donors (Lipinski definition) is 0. The van der Waals surface area contributed by atoms with Crippen molar-refractivity contribution < 1.29 is 4.43 Å². The molecule has 0 N–H and O–H groups in total. The molecule has 0 saturated carbocycles. The van der Waals surface area contributed by atoms with Gasteiger partial charge in [-0.15, -0.1) is 0 Å². The van der Waals surface area contributed by atoms with Crippen LogP contribution in [-0.2, 0) is 0 Å². The van der Waals surface area contributed by atoms with Gasteiger partial charge in [0.25, 0.3) is 0 Å². The molecule has 0 spiro atoms. The largest absolute Gasteiger partial charge is 0.541 e. The molecule has 0 unspecified atom stereocenters. The number of para-hydroxylation sites is 1. The Hall–Kier alpha value is -0.763. The third-order valence-electron chi connectivity index (χ3n) is 1.16. The van der Waals surface area contributed by atoms with Crippen LogP contribution in [0, 0.1) is 0 Å². The van der Waals surface area contributed by atoms with Gasteiger partial charge >= 0.3 is 9.76 Å². The summed E-state index contributed by atoms with van der Waals surface area (Å²) in [5, 5.41) is 0. The predicted molar refractivity (Wildman–Crippen MR) is 47.9 cm³/mol. The van der Waals surface area contributed by atoms with Gasteiger partial charge in [0.2, 0.25) is 0 Å². The van der Waals surface area contributed by atoms with Gasteiger partial charge in [0, 0.05) is 0 Å². The van der Waals surface area contributed by atoms with E-state index in [2.05, 4.69) is 13.8 Å². The molecule has 0 aromatic heterocycles. The molecule has 0 atom stereocenters. The SMILES string of the molecule is CC(C)[Si]Oc1ccccc1. The van der Waals surface area contributed by atoms with E-state index in [9.17, 15) is 0 Å². The van der Waals surface area contributed by atoms with Gasteiger partial charge in [0.05, 0.1) is 0 Å². The van der Waals surface area contributed by atoms with E-state index in [4.69, 9.17) is 4.43 Å². The molecular formula is C9H12OSi. The molecule has 1 nitrogen and oxygen atoms in total. The monoisotopic (exact) mass is 164 g/mol. The van der Waals surface area contributed by atoms with Crippen LogP contribution in [-0.4, -0.2) is 9.76 Å². The highest BCUT2D eigenvalue weighted by molar-refractivity contribution is 6.30. The fourth-order valence-electron chi connectivity index (χ4n) is 0.674. The highest BCUT2D eigenvalue weighted by atomic mass is 28.2. The van der Waals surface area contributed by atoms with Gasteiger partial charge < -0.3 is 4.43 Å². The zero-order chi connectivity index (χ0) is 8.10. The summed E-state index contributed by atoms with van der Waals surface area (Å²) >= 11 is 0. The van der Waals surface area contributed by atoms with E-state index in [-0.39, 0.29) is 0 Å². The van der Waals surface area contributed by atoms with Crippen LogP contribution >= 0.6 is 0 Å². The lowest BCUT2D eigenvalue weighted by Crippen LogP contribution is -2.04. The molecule has 58 valence electrons. The van der Waals surface area contributed by atoms with Crippen LogP contribution in [0.1, 0.15) is 13.8 Å². The lowest BCUT2D eigenvalue weighted by Gasteiger charge is -2.05. The summed E-state index contributed by atoms with van der Waals surface area (Å²) in [5.74, 6) is 0.972. The van der Waals surface area contributed by atoms with Gasteiger partial charge in [0.1, 0.15) is 5.75 Å². The van der Waals surface area contributed by atoms with Crippen molar-refractivity contribution in [1.82, 2.24) is 0 Å². The first-order chi connectivity index (χ1) is 5.29. The van der Waals surface area contributed by atoms with Gasteiger partial charge in [-0.2, -0.15) is 0 Å². The van der Waals surface area contributed by atoms with Crippen molar-refractivity contribution in [1.29, 1.82) is 0 Å². The number of hydrogen-bond acceptors (Lipinski definition) is 1. The van der Waals surface area contributed by atoms with E-state index in [1.807, 2.05) is 30.3 Å². The smallest absolute Gasteiger partial charge is 0.313 e.